The largest absolute Gasteiger partial charge is 0.340 e. The molecule has 1 aliphatic carbocycles. The van der Waals surface area contributed by atoms with Crippen molar-refractivity contribution in [1.82, 2.24) is 5.32 Å². The third-order valence-electron chi connectivity index (χ3n) is 3.99. The summed E-state index contributed by atoms with van der Waals surface area (Å²) in [4.78, 5) is 26.0. The maximum Gasteiger partial charge on any atom is 0.253 e. The summed E-state index contributed by atoms with van der Waals surface area (Å²) in [7, 11) is 0. The van der Waals surface area contributed by atoms with E-state index in [4.69, 9.17) is 11.6 Å². The normalized spacial score (nSPS) is 21.4. The number of nitrogens with zero attached hydrogens (tertiary/aromatic N) is 1. The Bertz CT molecular complexity index is 585. The molecule has 3 rings (SSSR count). The Labute approximate surface area is 120 Å². The van der Waals surface area contributed by atoms with Crippen LogP contribution in [0.3, 0.4) is 0 Å². The van der Waals surface area contributed by atoms with Crippen LogP contribution in [0.4, 0.5) is 10.1 Å². The highest BCUT2D eigenvalue weighted by Crippen LogP contribution is 2.36. The van der Waals surface area contributed by atoms with E-state index in [9.17, 15) is 14.0 Å². The average molecular weight is 297 g/mol. The van der Waals surface area contributed by atoms with Gasteiger partial charge in [-0.2, -0.15) is 0 Å². The van der Waals surface area contributed by atoms with E-state index < -0.39 is 11.4 Å². The number of anilines is 1. The predicted octanol–water partition coefficient (Wildman–Crippen LogP) is 2.25. The molecule has 0 unspecified atom stereocenters. The number of carbonyl (C=O) groups excluding carboxylic acids is 2. The molecule has 0 bridgehead atoms. The van der Waals surface area contributed by atoms with E-state index in [0.717, 1.165) is 18.9 Å². The van der Waals surface area contributed by atoms with E-state index in [-0.39, 0.29) is 23.4 Å². The van der Waals surface area contributed by atoms with Gasteiger partial charge in [-0.15, -0.1) is 0 Å². The molecule has 1 N–H and O–H groups in total. The lowest BCUT2D eigenvalue weighted by Crippen LogP contribution is -2.65. The fourth-order valence-corrected chi connectivity index (χ4v) is 3.32. The van der Waals surface area contributed by atoms with Gasteiger partial charge in [-0.05, 0) is 31.0 Å². The van der Waals surface area contributed by atoms with Gasteiger partial charge in [0, 0.05) is 0 Å². The number of nitrogens with one attached hydrogen (secondary N) is 1. The highest BCUT2D eigenvalue weighted by molar-refractivity contribution is 6.34. The van der Waals surface area contributed by atoms with Crippen LogP contribution in [-0.4, -0.2) is 23.9 Å². The molecule has 0 radical (unpaired) electrons. The monoisotopic (exact) mass is 296 g/mol. The molecule has 20 heavy (non-hydrogen) atoms. The van der Waals surface area contributed by atoms with Crippen LogP contribution in [0.15, 0.2) is 18.2 Å². The van der Waals surface area contributed by atoms with Crippen LogP contribution >= 0.6 is 11.6 Å². The molecule has 0 atom stereocenters. The minimum absolute atomic E-state index is 0.0774. The summed E-state index contributed by atoms with van der Waals surface area (Å²) >= 11 is 6.01. The van der Waals surface area contributed by atoms with Crippen LogP contribution in [0.5, 0.6) is 0 Å². The van der Waals surface area contributed by atoms with Crippen LogP contribution in [0.25, 0.3) is 0 Å². The second kappa shape index (κ2) is 4.74. The van der Waals surface area contributed by atoms with Crippen LogP contribution in [0.1, 0.15) is 25.7 Å². The van der Waals surface area contributed by atoms with Crippen molar-refractivity contribution in [3.8, 4) is 0 Å². The first kappa shape index (κ1) is 13.4. The van der Waals surface area contributed by atoms with Gasteiger partial charge < -0.3 is 5.32 Å². The maximum atomic E-state index is 13.1. The first-order valence-corrected chi connectivity index (χ1v) is 6.98. The Balaban J connectivity index is 1.99. The molecule has 6 heteroatoms. The zero-order valence-corrected chi connectivity index (χ0v) is 11.5. The third kappa shape index (κ3) is 2.06. The van der Waals surface area contributed by atoms with Crippen molar-refractivity contribution in [2.24, 2.45) is 0 Å². The van der Waals surface area contributed by atoms with Crippen molar-refractivity contribution in [2.75, 3.05) is 11.4 Å². The Morgan fingerprint density at radius 2 is 1.95 bits per heavy atom. The number of halogens is 2. The van der Waals surface area contributed by atoms with Gasteiger partial charge >= 0.3 is 0 Å². The number of hydrogen-bond acceptors (Lipinski definition) is 2. The topological polar surface area (TPSA) is 49.4 Å². The molecule has 2 fully saturated rings. The van der Waals surface area contributed by atoms with E-state index in [1.54, 1.807) is 0 Å². The first-order valence-electron chi connectivity index (χ1n) is 6.60. The van der Waals surface area contributed by atoms with E-state index in [0.29, 0.717) is 18.5 Å². The van der Waals surface area contributed by atoms with E-state index in [2.05, 4.69) is 5.32 Å². The molecule has 2 amide bonds. The molecule has 1 aliphatic heterocycles. The lowest BCUT2D eigenvalue weighted by molar-refractivity contribution is -0.135. The average Bonchev–Trinajstić information content (AvgIpc) is 2.84. The number of rotatable bonds is 1. The lowest BCUT2D eigenvalue weighted by Gasteiger charge is -2.39. The molecule has 2 aliphatic rings. The van der Waals surface area contributed by atoms with Crippen molar-refractivity contribution in [1.29, 1.82) is 0 Å². The van der Waals surface area contributed by atoms with Gasteiger partial charge in [0.25, 0.3) is 5.91 Å². The molecule has 4 nitrogen and oxygen atoms in total. The Hall–Kier alpha value is -1.62. The summed E-state index contributed by atoms with van der Waals surface area (Å²) in [5.41, 5.74) is -0.410. The van der Waals surface area contributed by atoms with Gasteiger partial charge in [-0.3, -0.25) is 14.5 Å². The highest BCUT2D eigenvalue weighted by Gasteiger charge is 2.48. The third-order valence-corrected chi connectivity index (χ3v) is 4.30. The minimum atomic E-state index is -0.799. The number of hydrogen-bond donors (Lipinski definition) is 1. The molecule has 1 heterocycles. The Morgan fingerprint density at radius 1 is 1.25 bits per heavy atom. The summed E-state index contributed by atoms with van der Waals surface area (Å²) in [6.45, 7) is -0.0774. The predicted molar refractivity (Wildman–Crippen MR) is 73.1 cm³/mol. The smallest absolute Gasteiger partial charge is 0.253 e. The minimum Gasteiger partial charge on any atom is -0.340 e. The first-order chi connectivity index (χ1) is 9.52. The molecule has 1 spiro atoms. The summed E-state index contributed by atoms with van der Waals surface area (Å²) < 4.78 is 13.1. The van der Waals surface area contributed by atoms with E-state index >= 15 is 0 Å². The molecule has 1 saturated heterocycles. The van der Waals surface area contributed by atoms with Gasteiger partial charge in [0.05, 0.1) is 10.7 Å². The fraction of sp³-hybridized carbons (Fsp3) is 0.429. The van der Waals surface area contributed by atoms with E-state index in [1.165, 1.54) is 17.0 Å². The second-order valence-corrected chi connectivity index (χ2v) is 5.73. The van der Waals surface area contributed by atoms with Gasteiger partial charge in [0.15, 0.2) is 0 Å². The van der Waals surface area contributed by atoms with Gasteiger partial charge in [0.2, 0.25) is 5.91 Å². The number of piperazine rings is 1. The molecule has 1 aromatic rings. The maximum absolute atomic E-state index is 13.1. The van der Waals surface area contributed by atoms with Crippen molar-refractivity contribution >= 4 is 29.1 Å². The number of amides is 2. The van der Waals surface area contributed by atoms with Crippen LogP contribution in [0, 0.1) is 5.82 Å². The molecule has 1 aromatic carbocycles. The quantitative estimate of drug-likeness (QED) is 0.864. The Morgan fingerprint density at radius 3 is 2.60 bits per heavy atom. The molecular formula is C14H14ClFN2O2. The van der Waals surface area contributed by atoms with Crippen LogP contribution in [-0.2, 0) is 9.59 Å². The Kier molecular flexibility index (Phi) is 3.17. The summed E-state index contributed by atoms with van der Waals surface area (Å²) in [5.74, 6) is -0.821. The van der Waals surface area contributed by atoms with E-state index in [1.807, 2.05) is 0 Å². The molecular weight excluding hydrogens is 283 g/mol. The number of benzene rings is 1. The zero-order chi connectivity index (χ0) is 14.3. The van der Waals surface area contributed by atoms with Gasteiger partial charge in [0.1, 0.15) is 17.9 Å². The lowest BCUT2D eigenvalue weighted by atomic mass is 9.92. The molecule has 1 saturated carbocycles. The molecule has 106 valence electrons. The standard InChI is InChI=1S/C14H14ClFN2O2/c15-10-7-9(16)3-4-11(10)18-8-12(19)17-14(13(18)20)5-1-2-6-14/h3-4,7H,1-2,5-6,8H2,(H,17,19). The van der Waals surface area contributed by atoms with Crippen molar-refractivity contribution in [3.63, 3.8) is 0 Å². The van der Waals surface area contributed by atoms with Gasteiger partial charge in [-0.25, -0.2) is 4.39 Å². The van der Waals surface area contributed by atoms with Crippen molar-refractivity contribution in [3.05, 3.63) is 29.0 Å². The van der Waals surface area contributed by atoms with Crippen molar-refractivity contribution in [2.45, 2.75) is 31.2 Å². The van der Waals surface area contributed by atoms with Crippen LogP contribution in [0.2, 0.25) is 5.02 Å². The van der Waals surface area contributed by atoms with Crippen molar-refractivity contribution < 1.29 is 14.0 Å². The number of carbonyl (C=O) groups is 2. The summed E-state index contributed by atoms with van der Waals surface area (Å²) in [5, 5.41) is 2.96. The zero-order valence-electron chi connectivity index (χ0n) is 10.8. The second-order valence-electron chi connectivity index (χ2n) is 5.32. The summed E-state index contributed by atoms with van der Waals surface area (Å²) in [6, 6.07) is 3.83. The van der Waals surface area contributed by atoms with Crippen LogP contribution < -0.4 is 10.2 Å². The highest BCUT2D eigenvalue weighted by atomic mass is 35.5. The fourth-order valence-electron chi connectivity index (χ4n) is 3.05. The van der Waals surface area contributed by atoms with Gasteiger partial charge in [-0.1, -0.05) is 24.4 Å². The summed E-state index contributed by atoms with van der Waals surface area (Å²) in [6.07, 6.45) is 3.12. The molecule has 0 aromatic heterocycles. The SMILES string of the molecule is O=C1CN(c2ccc(F)cc2Cl)C(=O)C2(CCCC2)N1.